The van der Waals surface area contributed by atoms with Gasteiger partial charge in [0.2, 0.25) is 0 Å². The van der Waals surface area contributed by atoms with Crippen LogP contribution in [0.25, 0.3) is 0 Å². The topological polar surface area (TPSA) is 50.7 Å². The number of amides is 1. The van der Waals surface area contributed by atoms with E-state index in [2.05, 4.69) is 36.0 Å². The number of ether oxygens (including phenoxy) is 1. The summed E-state index contributed by atoms with van der Waals surface area (Å²) in [4.78, 5) is 11.0. The van der Waals surface area contributed by atoms with Crippen molar-refractivity contribution in [3.63, 3.8) is 0 Å². The van der Waals surface area contributed by atoms with Crippen molar-refractivity contribution in [3.8, 4) is 0 Å². The molecule has 16 heavy (non-hydrogen) atoms. The van der Waals surface area contributed by atoms with Crippen LogP contribution in [-0.4, -0.2) is 18.9 Å². The minimum absolute atomic E-state index is 0.138. The lowest BCUT2D eigenvalue weighted by atomic mass is 9.70. The van der Waals surface area contributed by atoms with Gasteiger partial charge in [0.05, 0.1) is 7.11 Å². The van der Waals surface area contributed by atoms with Crippen LogP contribution in [0, 0.1) is 16.7 Å². The molecule has 0 spiro atoms. The number of hydrogen-bond acceptors (Lipinski definition) is 3. The molecule has 2 bridgehead atoms. The first-order chi connectivity index (χ1) is 7.41. The van der Waals surface area contributed by atoms with Gasteiger partial charge in [-0.3, -0.25) is 0 Å². The van der Waals surface area contributed by atoms with Crippen molar-refractivity contribution >= 4 is 11.8 Å². The van der Waals surface area contributed by atoms with E-state index in [9.17, 15) is 4.79 Å². The second-order valence-corrected chi connectivity index (χ2v) is 5.66. The van der Waals surface area contributed by atoms with Crippen LogP contribution >= 0.6 is 0 Å². The molecule has 2 aliphatic carbocycles. The Kier molecular flexibility index (Phi) is 2.48. The molecule has 2 saturated carbocycles. The summed E-state index contributed by atoms with van der Waals surface area (Å²) in [6.07, 6.45) is 2.97. The van der Waals surface area contributed by atoms with Crippen LogP contribution in [-0.2, 0) is 4.74 Å². The molecule has 4 nitrogen and oxygen atoms in total. The highest BCUT2D eigenvalue weighted by atomic mass is 16.5. The minimum atomic E-state index is -0.489. The number of rotatable bonds is 1. The highest BCUT2D eigenvalue weighted by Gasteiger charge is 2.59. The van der Waals surface area contributed by atoms with E-state index in [0.29, 0.717) is 11.3 Å². The SMILES string of the molecule is COC(=O)NN=C1CC2CCC1(C)C2(C)C. The Morgan fingerprint density at radius 1 is 1.50 bits per heavy atom. The lowest BCUT2D eigenvalue weighted by Crippen LogP contribution is -2.34. The molecule has 0 heterocycles. The van der Waals surface area contributed by atoms with Crippen molar-refractivity contribution < 1.29 is 9.53 Å². The molecule has 0 radical (unpaired) electrons. The fourth-order valence-corrected chi connectivity index (χ4v) is 3.26. The maximum atomic E-state index is 11.0. The van der Waals surface area contributed by atoms with Crippen LogP contribution < -0.4 is 5.43 Å². The summed E-state index contributed by atoms with van der Waals surface area (Å²) in [6.45, 7) is 6.88. The van der Waals surface area contributed by atoms with E-state index >= 15 is 0 Å². The summed E-state index contributed by atoms with van der Waals surface area (Å²) in [5.41, 5.74) is 4.01. The van der Waals surface area contributed by atoms with Gasteiger partial charge in [-0.2, -0.15) is 5.10 Å². The zero-order chi connectivity index (χ0) is 12.0. The van der Waals surface area contributed by atoms with E-state index in [1.165, 1.54) is 20.0 Å². The summed E-state index contributed by atoms with van der Waals surface area (Å²) in [6, 6.07) is 0. The maximum absolute atomic E-state index is 11.0. The van der Waals surface area contributed by atoms with Crippen LogP contribution in [0.1, 0.15) is 40.0 Å². The van der Waals surface area contributed by atoms with Gasteiger partial charge >= 0.3 is 6.09 Å². The van der Waals surface area contributed by atoms with Crippen LogP contribution in [0.2, 0.25) is 0 Å². The summed E-state index contributed by atoms with van der Waals surface area (Å²) in [7, 11) is 1.35. The fourth-order valence-electron chi connectivity index (χ4n) is 3.26. The predicted molar refractivity (Wildman–Crippen MR) is 62.2 cm³/mol. The van der Waals surface area contributed by atoms with E-state index < -0.39 is 6.09 Å². The Balaban J connectivity index is 2.18. The third-order valence-electron chi connectivity index (χ3n) is 4.98. The van der Waals surface area contributed by atoms with E-state index in [1.54, 1.807) is 0 Å². The quantitative estimate of drug-likeness (QED) is 0.696. The summed E-state index contributed by atoms with van der Waals surface area (Å²) >= 11 is 0. The van der Waals surface area contributed by atoms with Crippen molar-refractivity contribution in [2.75, 3.05) is 7.11 Å². The summed E-state index contributed by atoms with van der Waals surface area (Å²) in [5.74, 6) is 0.704. The third kappa shape index (κ3) is 1.35. The average molecular weight is 224 g/mol. The van der Waals surface area contributed by atoms with E-state index in [1.807, 2.05) is 0 Å². The van der Waals surface area contributed by atoms with Gasteiger partial charge < -0.3 is 4.74 Å². The number of fused-ring (bicyclic) bond motifs is 2. The molecule has 2 atom stereocenters. The van der Waals surface area contributed by atoms with Gasteiger partial charge in [0.1, 0.15) is 0 Å². The van der Waals surface area contributed by atoms with Crippen molar-refractivity contribution in [1.82, 2.24) is 5.43 Å². The van der Waals surface area contributed by atoms with E-state index in [0.717, 1.165) is 12.1 Å². The van der Waals surface area contributed by atoms with Gasteiger partial charge in [-0.1, -0.05) is 20.8 Å². The molecule has 0 aromatic heterocycles. The Bertz CT molecular complexity index is 349. The molecule has 90 valence electrons. The minimum Gasteiger partial charge on any atom is -0.452 e. The number of hydrazone groups is 1. The molecule has 2 rings (SSSR count). The molecular weight excluding hydrogens is 204 g/mol. The highest BCUT2D eigenvalue weighted by molar-refractivity contribution is 5.94. The zero-order valence-corrected chi connectivity index (χ0v) is 10.5. The first kappa shape index (κ1) is 11.4. The van der Waals surface area contributed by atoms with Crippen molar-refractivity contribution in [3.05, 3.63) is 0 Å². The van der Waals surface area contributed by atoms with Crippen molar-refractivity contribution in [1.29, 1.82) is 0 Å². The van der Waals surface area contributed by atoms with Crippen LogP contribution in [0.3, 0.4) is 0 Å². The molecular formula is C12H20N2O2. The van der Waals surface area contributed by atoms with Gasteiger partial charge in [0.25, 0.3) is 0 Å². The molecule has 2 unspecified atom stereocenters. The molecule has 0 aromatic carbocycles. The highest BCUT2D eigenvalue weighted by Crippen LogP contribution is 2.63. The largest absolute Gasteiger partial charge is 0.452 e. The number of methoxy groups -OCH3 is 1. The lowest BCUT2D eigenvalue weighted by Gasteiger charge is -2.34. The predicted octanol–water partition coefficient (Wildman–Crippen LogP) is 2.54. The van der Waals surface area contributed by atoms with Crippen LogP contribution in [0.15, 0.2) is 5.10 Å². The van der Waals surface area contributed by atoms with Crippen LogP contribution in [0.5, 0.6) is 0 Å². The average Bonchev–Trinajstić information content (AvgIpc) is 2.58. The van der Waals surface area contributed by atoms with Gasteiger partial charge in [-0.15, -0.1) is 0 Å². The zero-order valence-electron chi connectivity index (χ0n) is 10.5. The Hall–Kier alpha value is -1.06. The number of hydrogen-bond donors (Lipinski definition) is 1. The molecule has 0 aromatic rings. The molecule has 0 saturated heterocycles. The molecule has 1 amide bonds. The van der Waals surface area contributed by atoms with Gasteiger partial charge in [-0.25, -0.2) is 10.2 Å². The fraction of sp³-hybridized carbons (Fsp3) is 0.833. The monoisotopic (exact) mass is 224 g/mol. The lowest BCUT2D eigenvalue weighted by molar-refractivity contribution is 0.170. The second kappa shape index (κ2) is 3.47. The summed E-state index contributed by atoms with van der Waals surface area (Å²) in [5, 5.41) is 4.24. The molecule has 2 aliphatic rings. The van der Waals surface area contributed by atoms with Crippen LogP contribution in [0.4, 0.5) is 4.79 Å². The van der Waals surface area contributed by atoms with Gasteiger partial charge in [0, 0.05) is 11.1 Å². The Morgan fingerprint density at radius 3 is 2.62 bits per heavy atom. The van der Waals surface area contributed by atoms with E-state index in [4.69, 9.17) is 0 Å². The van der Waals surface area contributed by atoms with Crippen molar-refractivity contribution in [2.45, 2.75) is 40.0 Å². The van der Waals surface area contributed by atoms with Gasteiger partial charge in [0.15, 0.2) is 0 Å². The summed E-state index contributed by atoms with van der Waals surface area (Å²) < 4.78 is 4.52. The maximum Gasteiger partial charge on any atom is 0.427 e. The van der Waals surface area contributed by atoms with Gasteiger partial charge in [-0.05, 0) is 30.6 Å². The number of nitrogens with one attached hydrogen (secondary N) is 1. The smallest absolute Gasteiger partial charge is 0.427 e. The number of carbonyl (C=O) groups is 1. The normalized spacial score (nSPS) is 37.8. The molecule has 1 N–H and O–H groups in total. The molecule has 0 aliphatic heterocycles. The third-order valence-corrected chi connectivity index (χ3v) is 4.98. The molecule has 2 fully saturated rings. The Labute approximate surface area is 96.4 Å². The Morgan fingerprint density at radius 2 is 2.19 bits per heavy atom. The first-order valence-corrected chi connectivity index (χ1v) is 5.83. The number of nitrogens with zero attached hydrogens (tertiary/aromatic N) is 1. The molecule has 4 heteroatoms. The standard InChI is InChI=1S/C12H20N2O2/c1-11(2)8-5-6-12(11,3)9(7-8)13-14-10(15)16-4/h8H,5-7H2,1-4H3,(H,14,15). The first-order valence-electron chi connectivity index (χ1n) is 5.83. The van der Waals surface area contributed by atoms with Crippen molar-refractivity contribution in [2.24, 2.45) is 21.8 Å². The number of carbonyl (C=O) groups excluding carboxylic acids is 1. The second-order valence-electron chi connectivity index (χ2n) is 5.66. The van der Waals surface area contributed by atoms with E-state index in [-0.39, 0.29) is 5.41 Å².